The molecule has 6 heteroatoms. The van der Waals surface area contributed by atoms with Gasteiger partial charge in [-0.25, -0.2) is 8.42 Å². The summed E-state index contributed by atoms with van der Waals surface area (Å²) in [6, 6.07) is 5.26. The molecule has 0 atom stereocenters. The molecule has 0 aliphatic carbocycles. The zero-order valence-electron chi connectivity index (χ0n) is 6.52. The van der Waals surface area contributed by atoms with Crippen LogP contribution in [0.3, 0.4) is 0 Å². The van der Waals surface area contributed by atoms with Crippen LogP contribution in [0.25, 0.3) is 0 Å². The minimum absolute atomic E-state index is 0. The molecule has 0 heterocycles. The second-order valence-corrected chi connectivity index (χ2v) is 3.41. The molecule has 1 aromatic rings. The molecular formula is C6H6NO3RbS. The van der Waals surface area contributed by atoms with Gasteiger partial charge < -0.3 is 10.3 Å². The fourth-order valence-corrected chi connectivity index (χ4v) is 1.20. The molecule has 1 rings (SSSR count). The van der Waals surface area contributed by atoms with Crippen LogP contribution in [0.4, 0.5) is 5.69 Å². The molecule has 12 heavy (non-hydrogen) atoms. The summed E-state index contributed by atoms with van der Waals surface area (Å²) in [5, 5.41) is 0. The average molecular weight is 258 g/mol. The Hall–Kier alpha value is 0.735. The molecule has 2 N–H and O–H groups in total. The summed E-state index contributed by atoms with van der Waals surface area (Å²) in [4.78, 5) is -0.294. The molecule has 1 aromatic carbocycles. The van der Waals surface area contributed by atoms with Crippen molar-refractivity contribution in [2.24, 2.45) is 0 Å². The second-order valence-electron chi connectivity index (χ2n) is 2.03. The van der Waals surface area contributed by atoms with Crippen molar-refractivity contribution in [2.75, 3.05) is 5.73 Å². The number of hydrogen-bond donors (Lipinski definition) is 1. The van der Waals surface area contributed by atoms with Crippen molar-refractivity contribution in [3.63, 3.8) is 0 Å². The Morgan fingerprint density at radius 3 is 2.25 bits per heavy atom. The quantitative estimate of drug-likeness (QED) is 0.434. The van der Waals surface area contributed by atoms with E-state index < -0.39 is 10.1 Å². The maximum absolute atomic E-state index is 10.4. The van der Waals surface area contributed by atoms with Gasteiger partial charge in [0.2, 0.25) is 0 Å². The number of hydrogen-bond acceptors (Lipinski definition) is 4. The van der Waals surface area contributed by atoms with Gasteiger partial charge in [-0.1, -0.05) is 6.07 Å². The minimum Gasteiger partial charge on any atom is -0.744 e. The average Bonchev–Trinajstić information content (AvgIpc) is 1.86. The largest absolute Gasteiger partial charge is 1.00 e. The van der Waals surface area contributed by atoms with Crippen LogP contribution in [-0.2, 0) is 10.1 Å². The Morgan fingerprint density at radius 1 is 1.33 bits per heavy atom. The van der Waals surface area contributed by atoms with Crippen molar-refractivity contribution in [1.29, 1.82) is 0 Å². The predicted molar refractivity (Wildman–Crippen MR) is 38.8 cm³/mol. The van der Waals surface area contributed by atoms with Crippen molar-refractivity contribution >= 4 is 15.8 Å². The van der Waals surface area contributed by atoms with Crippen molar-refractivity contribution in [3.8, 4) is 0 Å². The number of anilines is 1. The SMILES string of the molecule is Nc1cccc(S(=O)(=O)[O-])c1.[Rb+]. The van der Waals surface area contributed by atoms with Crippen LogP contribution in [0, 0.1) is 0 Å². The Labute approximate surface area is 120 Å². The molecule has 0 aromatic heterocycles. The summed E-state index contributed by atoms with van der Waals surface area (Å²) in [5.41, 5.74) is 5.52. The van der Waals surface area contributed by atoms with E-state index in [0.29, 0.717) is 0 Å². The summed E-state index contributed by atoms with van der Waals surface area (Å²) in [5.74, 6) is 0. The molecule has 0 bridgehead atoms. The van der Waals surface area contributed by atoms with E-state index in [9.17, 15) is 13.0 Å². The molecule has 0 saturated heterocycles. The van der Waals surface area contributed by atoms with Gasteiger partial charge in [0.1, 0.15) is 10.1 Å². The zero-order chi connectivity index (χ0) is 8.48. The summed E-state index contributed by atoms with van der Waals surface area (Å²) in [7, 11) is -4.36. The van der Waals surface area contributed by atoms with Gasteiger partial charge in [-0.05, 0) is 18.2 Å². The van der Waals surface area contributed by atoms with Crippen molar-refractivity contribution in [2.45, 2.75) is 4.90 Å². The van der Waals surface area contributed by atoms with E-state index in [2.05, 4.69) is 0 Å². The third-order valence-corrected chi connectivity index (χ3v) is 1.98. The van der Waals surface area contributed by atoms with Crippen molar-refractivity contribution in [3.05, 3.63) is 24.3 Å². The Morgan fingerprint density at radius 2 is 1.92 bits per heavy atom. The van der Waals surface area contributed by atoms with Gasteiger partial charge in [-0.2, -0.15) is 0 Å². The molecule has 0 spiro atoms. The Balaban J connectivity index is 0.00000121. The molecule has 0 saturated carbocycles. The van der Waals surface area contributed by atoms with E-state index in [1.807, 2.05) is 0 Å². The van der Waals surface area contributed by atoms with Gasteiger partial charge in [0.05, 0.1) is 4.90 Å². The van der Waals surface area contributed by atoms with E-state index >= 15 is 0 Å². The predicted octanol–water partition coefficient (Wildman–Crippen LogP) is -2.82. The van der Waals surface area contributed by atoms with E-state index in [4.69, 9.17) is 5.73 Å². The molecule has 4 nitrogen and oxygen atoms in total. The first kappa shape index (κ1) is 12.7. The van der Waals surface area contributed by atoms with Crippen LogP contribution >= 0.6 is 0 Å². The Kier molecular flexibility index (Phi) is 5.12. The summed E-state index contributed by atoms with van der Waals surface area (Å²) in [6.07, 6.45) is 0. The number of rotatable bonds is 1. The topological polar surface area (TPSA) is 83.2 Å². The maximum atomic E-state index is 10.4. The molecule has 0 radical (unpaired) electrons. The summed E-state index contributed by atoms with van der Waals surface area (Å²) in [6.45, 7) is 0. The van der Waals surface area contributed by atoms with Gasteiger partial charge in [-0.3, -0.25) is 0 Å². The molecule has 0 aliphatic rings. The summed E-state index contributed by atoms with van der Waals surface area (Å²) >= 11 is 0. The smallest absolute Gasteiger partial charge is 0.744 e. The summed E-state index contributed by atoms with van der Waals surface area (Å²) < 4.78 is 31.1. The minimum atomic E-state index is -4.36. The van der Waals surface area contributed by atoms with Crippen LogP contribution in [0.5, 0.6) is 0 Å². The van der Waals surface area contributed by atoms with Gasteiger partial charge in [-0.15, -0.1) is 0 Å². The molecular weight excluding hydrogens is 252 g/mol. The standard InChI is InChI=1S/C6H7NO3S.Rb/c7-5-2-1-3-6(4-5)11(8,9)10;/h1-4H,7H2,(H,8,9,10);/q;+1/p-1. The fraction of sp³-hybridized carbons (Fsp3) is 0. The zero-order valence-corrected chi connectivity index (χ0v) is 12.3. The second kappa shape index (κ2) is 4.83. The first-order chi connectivity index (χ1) is 5.00. The molecule has 60 valence electrons. The molecule has 0 aliphatic heterocycles. The van der Waals surface area contributed by atoms with Crippen LogP contribution in [0.15, 0.2) is 29.2 Å². The molecule has 0 fully saturated rings. The Bertz CT molecular complexity index is 363. The van der Waals surface area contributed by atoms with Crippen molar-refractivity contribution < 1.29 is 71.2 Å². The van der Waals surface area contributed by atoms with E-state index in [-0.39, 0.29) is 68.8 Å². The number of nitrogen functional groups attached to an aromatic ring is 1. The van der Waals surface area contributed by atoms with Gasteiger partial charge >= 0.3 is 58.2 Å². The van der Waals surface area contributed by atoms with Crippen LogP contribution in [0.1, 0.15) is 0 Å². The third kappa shape index (κ3) is 3.63. The van der Waals surface area contributed by atoms with Crippen LogP contribution in [-0.4, -0.2) is 13.0 Å². The van der Waals surface area contributed by atoms with E-state index in [1.165, 1.54) is 18.2 Å². The van der Waals surface area contributed by atoms with Crippen LogP contribution in [0.2, 0.25) is 0 Å². The van der Waals surface area contributed by atoms with E-state index in [1.54, 1.807) is 0 Å². The fourth-order valence-electron chi connectivity index (χ4n) is 0.670. The van der Waals surface area contributed by atoms with Gasteiger partial charge in [0.15, 0.2) is 0 Å². The number of benzene rings is 1. The number of nitrogens with two attached hydrogens (primary N) is 1. The first-order valence-corrected chi connectivity index (χ1v) is 4.22. The van der Waals surface area contributed by atoms with Gasteiger partial charge in [0, 0.05) is 5.69 Å². The third-order valence-electron chi connectivity index (χ3n) is 1.15. The van der Waals surface area contributed by atoms with Crippen LogP contribution < -0.4 is 63.9 Å². The monoisotopic (exact) mass is 257 g/mol. The normalized spacial score (nSPS) is 10.4. The maximum Gasteiger partial charge on any atom is 1.00 e. The molecule has 0 unspecified atom stereocenters. The van der Waals surface area contributed by atoms with Crippen molar-refractivity contribution in [1.82, 2.24) is 0 Å². The first-order valence-electron chi connectivity index (χ1n) is 2.81. The molecule has 0 amide bonds. The van der Waals surface area contributed by atoms with E-state index in [0.717, 1.165) is 6.07 Å². The van der Waals surface area contributed by atoms with Gasteiger partial charge in [0.25, 0.3) is 0 Å².